The third-order valence-corrected chi connectivity index (χ3v) is 5.52. The number of nitrogens with zero attached hydrogens (tertiary/aromatic N) is 2. The molecule has 1 unspecified atom stereocenters. The van der Waals surface area contributed by atoms with Crippen molar-refractivity contribution in [3.8, 4) is 5.75 Å². The van der Waals surface area contributed by atoms with Crippen molar-refractivity contribution in [2.75, 3.05) is 63.2 Å². The molecule has 3 rings (SSSR count). The van der Waals surface area contributed by atoms with Crippen LogP contribution in [-0.4, -0.2) is 63.5 Å². The predicted octanol–water partition coefficient (Wildman–Crippen LogP) is 2.13. The summed E-state index contributed by atoms with van der Waals surface area (Å²) in [6.45, 7) is 7.52. The quantitative estimate of drug-likeness (QED) is 0.297. The molecule has 2 aliphatic rings. The van der Waals surface area contributed by atoms with Gasteiger partial charge in [0.25, 0.3) is 0 Å². The lowest BCUT2D eigenvalue weighted by molar-refractivity contribution is -0.0660. The van der Waals surface area contributed by atoms with Gasteiger partial charge >= 0.3 is 0 Å². The van der Waals surface area contributed by atoms with Crippen LogP contribution in [0.25, 0.3) is 0 Å². The standard InChI is InChI=1S/C15H23IN3O3P/c16-23-22-8-7-21-15-9-12(17)1-2-14(15)19-5-3-18(4-6-19)13-10-20-11-13/h1-2,9,13,23H,3-8,10-11,17H2. The molecule has 0 aromatic heterocycles. The molecule has 2 heterocycles. The van der Waals surface area contributed by atoms with Crippen LogP contribution in [0.3, 0.4) is 0 Å². The van der Waals surface area contributed by atoms with Crippen molar-refractivity contribution in [3.63, 3.8) is 0 Å². The van der Waals surface area contributed by atoms with E-state index >= 15 is 0 Å². The van der Waals surface area contributed by atoms with Gasteiger partial charge in [0.05, 0.1) is 38.0 Å². The number of benzene rings is 1. The van der Waals surface area contributed by atoms with Gasteiger partial charge < -0.3 is 24.6 Å². The van der Waals surface area contributed by atoms with E-state index in [4.69, 9.17) is 19.7 Å². The van der Waals surface area contributed by atoms with Gasteiger partial charge in [-0.15, -0.1) is 0 Å². The molecule has 1 aromatic carbocycles. The molecular formula is C15H23IN3O3P. The first kappa shape index (κ1) is 17.5. The number of hydrogen-bond acceptors (Lipinski definition) is 6. The zero-order valence-electron chi connectivity index (χ0n) is 13.0. The van der Waals surface area contributed by atoms with E-state index in [-0.39, 0.29) is 0 Å². The van der Waals surface area contributed by atoms with E-state index in [0.717, 1.165) is 56.5 Å². The fraction of sp³-hybridized carbons (Fsp3) is 0.600. The molecule has 0 spiro atoms. The monoisotopic (exact) mass is 451 g/mol. The lowest BCUT2D eigenvalue weighted by Gasteiger charge is -2.43. The molecule has 2 N–H and O–H groups in total. The van der Waals surface area contributed by atoms with Crippen LogP contribution >= 0.6 is 28.5 Å². The Labute approximate surface area is 152 Å². The highest BCUT2D eigenvalue weighted by Crippen LogP contribution is 2.32. The van der Waals surface area contributed by atoms with Gasteiger partial charge in [-0.1, -0.05) is 0 Å². The number of halogens is 1. The van der Waals surface area contributed by atoms with Gasteiger partial charge in [0.15, 0.2) is 0 Å². The summed E-state index contributed by atoms with van der Waals surface area (Å²) in [7, 11) is 0. The SMILES string of the molecule is Nc1ccc(N2CCN(C3COC3)CC2)c(OCCOPI)c1. The second-order valence-corrected chi connectivity index (χ2v) is 7.48. The van der Waals surface area contributed by atoms with Crippen molar-refractivity contribution in [3.05, 3.63) is 18.2 Å². The van der Waals surface area contributed by atoms with Crippen LogP contribution in [0.1, 0.15) is 0 Å². The summed E-state index contributed by atoms with van der Waals surface area (Å²) < 4.78 is 16.6. The molecule has 2 fully saturated rings. The maximum absolute atomic E-state index is 5.92. The van der Waals surface area contributed by atoms with E-state index in [9.17, 15) is 0 Å². The van der Waals surface area contributed by atoms with E-state index < -0.39 is 0 Å². The largest absolute Gasteiger partial charge is 0.489 e. The summed E-state index contributed by atoms with van der Waals surface area (Å²) >= 11 is 2.21. The molecule has 0 saturated carbocycles. The molecule has 2 aliphatic heterocycles. The topological polar surface area (TPSA) is 60.2 Å². The first-order valence-electron chi connectivity index (χ1n) is 7.84. The minimum atomic E-state index is 0.464. The molecule has 2 saturated heterocycles. The molecule has 1 atom stereocenters. The summed E-state index contributed by atoms with van der Waals surface area (Å²) in [6, 6.07) is 6.53. The lowest BCUT2D eigenvalue weighted by atomic mass is 10.1. The van der Waals surface area contributed by atoms with Crippen LogP contribution in [0.15, 0.2) is 18.2 Å². The van der Waals surface area contributed by atoms with Crippen LogP contribution in [0, 0.1) is 0 Å². The summed E-state index contributed by atoms with van der Waals surface area (Å²) in [4.78, 5) is 4.90. The Hall–Kier alpha value is -0.340. The fourth-order valence-electron chi connectivity index (χ4n) is 2.90. The number of anilines is 2. The third-order valence-electron chi connectivity index (χ3n) is 4.27. The Morgan fingerprint density at radius 1 is 1.22 bits per heavy atom. The van der Waals surface area contributed by atoms with Crippen LogP contribution in [0.4, 0.5) is 11.4 Å². The Kier molecular flexibility index (Phi) is 6.59. The Morgan fingerprint density at radius 3 is 2.65 bits per heavy atom. The first-order valence-corrected chi connectivity index (χ1v) is 11.9. The van der Waals surface area contributed by atoms with E-state index in [0.29, 0.717) is 25.7 Å². The molecule has 6 nitrogen and oxygen atoms in total. The summed E-state index contributed by atoms with van der Waals surface area (Å²) in [5.41, 5.74) is 7.78. The number of nitrogen functional groups attached to an aromatic ring is 1. The second kappa shape index (κ2) is 8.67. The molecule has 23 heavy (non-hydrogen) atoms. The van der Waals surface area contributed by atoms with Crippen molar-refractivity contribution in [1.82, 2.24) is 4.90 Å². The average molecular weight is 451 g/mol. The second-order valence-electron chi connectivity index (χ2n) is 5.72. The number of rotatable bonds is 7. The van der Waals surface area contributed by atoms with E-state index in [1.807, 2.05) is 12.1 Å². The molecule has 0 radical (unpaired) electrons. The van der Waals surface area contributed by atoms with E-state index in [1.165, 1.54) is 0 Å². The van der Waals surface area contributed by atoms with Gasteiger partial charge in [-0.25, -0.2) is 0 Å². The molecule has 1 aromatic rings. The number of nitrogens with two attached hydrogens (primary N) is 1. The highest BCUT2D eigenvalue weighted by Gasteiger charge is 2.29. The van der Waals surface area contributed by atoms with Crippen molar-refractivity contribution >= 4 is 39.9 Å². The number of piperazine rings is 1. The normalized spacial score (nSPS) is 20.1. The first-order chi connectivity index (χ1) is 11.3. The average Bonchev–Trinajstić information content (AvgIpc) is 2.51. The van der Waals surface area contributed by atoms with Crippen LogP contribution < -0.4 is 15.4 Å². The molecular weight excluding hydrogens is 428 g/mol. The van der Waals surface area contributed by atoms with Gasteiger partial charge in [-0.3, -0.25) is 4.90 Å². The Balaban J connectivity index is 1.60. The third kappa shape index (κ3) is 4.60. The fourth-order valence-corrected chi connectivity index (χ4v) is 3.72. The Morgan fingerprint density at radius 2 is 2.00 bits per heavy atom. The van der Waals surface area contributed by atoms with Crippen molar-refractivity contribution < 1.29 is 14.0 Å². The van der Waals surface area contributed by atoms with Gasteiger partial charge in [-0.05, 0) is 34.2 Å². The molecule has 0 amide bonds. The van der Waals surface area contributed by atoms with Crippen LogP contribution in [0.2, 0.25) is 0 Å². The van der Waals surface area contributed by atoms with E-state index in [2.05, 4.69) is 37.9 Å². The van der Waals surface area contributed by atoms with Gasteiger partial charge in [0, 0.05) is 37.9 Å². The molecule has 128 valence electrons. The van der Waals surface area contributed by atoms with Crippen molar-refractivity contribution in [1.29, 1.82) is 0 Å². The summed E-state index contributed by atoms with van der Waals surface area (Å²) in [5.74, 6) is 0.853. The van der Waals surface area contributed by atoms with E-state index in [1.54, 1.807) is 0 Å². The highest BCUT2D eigenvalue weighted by molar-refractivity contribution is 14.2. The van der Waals surface area contributed by atoms with Crippen LogP contribution in [0.5, 0.6) is 5.75 Å². The predicted molar refractivity (Wildman–Crippen MR) is 103 cm³/mol. The number of ether oxygens (including phenoxy) is 2. The van der Waals surface area contributed by atoms with Crippen molar-refractivity contribution in [2.24, 2.45) is 0 Å². The van der Waals surface area contributed by atoms with Gasteiger partial charge in [-0.2, -0.15) is 0 Å². The van der Waals surface area contributed by atoms with Gasteiger partial charge in [0.2, 0.25) is 0 Å². The highest BCUT2D eigenvalue weighted by atomic mass is 127. The number of hydrogen-bond donors (Lipinski definition) is 1. The van der Waals surface area contributed by atoms with Crippen molar-refractivity contribution in [2.45, 2.75) is 6.04 Å². The summed E-state index contributed by atoms with van der Waals surface area (Å²) in [6.07, 6.45) is 0. The zero-order chi connectivity index (χ0) is 16.1. The molecule has 0 bridgehead atoms. The lowest BCUT2D eigenvalue weighted by Crippen LogP contribution is -2.56. The zero-order valence-corrected chi connectivity index (χ0v) is 16.2. The maximum atomic E-state index is 5.92. The summed E-state index contributed by atoms with van der Waals surface area (Å²) in [5, 5.41) is 0. The van der Waals surface area contributed by atoms with Crippen LogP contribution in [-0.2, 0) is 9.26 Å². The molecule has 0 aliphatic carbocycles. The Bertz CT molecular complexity index is 511. The minimum Gasteiger partial charge on any atom is -0.489 e. The minimum absolute atomic E-state index is 0.464. The smallest absolute Gasteiger partial charge is 0.144 e. The maximum Gasteiger partial charge on any atom is 0.144 e. The molecule has 8 heteroatoms. The van der Waals surface area contributed by atoms with Gasteiger partial charge in [0.1, 0.15) is 12.4 Å².